The average Bonchev–Trinajstić information content (AvgIpc) is 3.36. The Kier molecular flexibility index (Phi) is 7.48. The van der Waals surface area contributed by atoms with Crippen LogP contribution in [-0.2, 0) is 11.2 Å². The van der Waals surface area contributed by atoms with Crippen molar-refractivity contribution in [2.75, 3.05) is 13.7 Å². The Morgan fingerprint density at radius 2 is 1.58 bits per heavy atom. The Morgan fingerprint density at radius 3 is 2.18 bits per heavy atom. The lowest BCUT2D eigenvalue weighted by atomic mass is 9.88. The van der Waals surface area contributed by atoms with Gasteiger partial charge in [-0.05, 0) is 41.8 Å². The van der Waals surface area contributed by atoms with Crippen LogP contribution in [0.15, 0.2) is 89.5 Å². The lowest BCUT2D eigenvalue weighted by Gasteiger charge is -2.18. The molecule has 1 aromatic heterocycles. The minimum atomic E-state index is -0.0286. The summed E-state index contributed by atoms with van der Waals surface area (Å²) in [6.07, 6.45) is 1.52. The van der Waals surface area contributed by atoms with E-state index in [0.717, 1.165) is 17.7 Å². The highest BCUT2D eigenvalue weighted by Gasteiger charge is 2.15. The van der Waals surface area contributed by atoms with Gasteiger partial charge in [0.15, 0.2) is 0 Å². The average molecular weight is 442 g/mol. The number of nitrogens with one attached hydrogen (secondary N) is 1. The molecule has 0 fully saturated rings. The van der Waals surface area contributed by atoms with Gasteiger partial charge in [0.1, 0.15) is 5.75 Å². The highest BCUT2D eigenvalue weighted by atomic mass is 16.5. The van der Waals surface area contributed by atoms with Crippen LogP contribution in [0.2, 0.25) is 0 Å². The summed E-state index contributed by atoms with van der Waals surface area (Å²) < 4.78 is 10.5. The number of benzene rings is 3. The molecule has 6 heteroatoms. The molecular weight excluding hydrogens is 414 g/mol. The van der Waals surface area contributed by atoms with Crippen LogP contribution < -0.4 is 10.1 Å². The quantitative estimate of drug-likeness (QED) is 0.374. The first-order chi connectivity index (χ1) is 16.2. The predicted molar refractivity (Wildman–Crippen MR) is 127 cm³/mol. The summed E-state index contributed by atoms with van der Waals surface area (Å²) in [5, 5.41) is 7.05. The van der Waals surface area contributed by atoms with Gasteiger partial charge in [-0.3, -0.25) is 4.79 Å². The molecule has 168 valence electrons. The molecule has 0 atom stereocenters. The number of hydrogen-bond acceptors (Lipinski definition) is 5. The summed E-state index contributed by atoms with van der Waals surface area (Å²) in [6.45, 7) is 0.591. The van der Waals surface area contributed by atoms with Crippen molar-refractivity contribution < 1.29 is 14.1 Å². The molecule has 4 rings (SSSR count). The maximum absolute atomic E-state index is 12.4. The van der Waals surface area contributed by atoms with Crippen molar-refractivity contribution in [3.05, 3.63) is 102 Å². The number of ether oxygens (including phenoxy) is 1. The fraction of sp³-hybridized carbons (Fsp3) is 0.222. The molecule has 0 aliphatic carbocycles. The number of methoxy groups -OCH3 is 1. The van der Waals surface area contributed by atoms with Gasteiger partial charge >= 0.3 is 0 Å². The molecule has 0 aliphatic rings. The van der Waals surface area contributed by atoms with Gasteiger partial charge in [-0.25, -0.2) is 0 Å². The number of nitrogens with zero attached hydrogens (tertiary/aromatic N) is 2. The molecule has 6 nitrogen and oxygen atoms in total. The Balaban J connectivity index is 1.28. The minimum absolute atomic E-state index is 0.0286. The molecule has 4 aromatic rings. The first-order valence-electron chi connectivity index (χ1n) is 11.1. The number of amides is 1. The molecule has 1 heterocycles. The number of carbonyl (C=O) groups excluding carboxylic acids is 1. The van der Waals surface area contributed by atoms with Crippen LogP contribution >= 0.6 is 0 Å². The third-order valence-electron chi connectivity index (χ3n) is 5.54. The van der Waals surface area contributed by atoms with Crippen LogP contribution in [0.3, 0.4) is 0 Å². The molecule has 0 bridgehead atoms. The van der Waals surface area contributed by atoms with E-state index in [9.17, 15) is 4.79 Å². The molecule has 0 saturated carbocycles. The first kappa shape index (κ1) is 22.3. The Hall–Kier alpha value is -3.93. The fourth-order valence-corrected chi connectivity index (χ4v) is 3.78. The molecule has 0 saturated heterocycles. The van der Waals surface area contributed by atoms with Crippen LogP contribution in [0.5, 0.6) is 5.75 Å². The van der Waals surface area contributed by atoms with Crippen LogP contribution in [0.25, 0.3) is 11.4 Å². The first-order valence-corrected chi connectivity index (χ1v) is 11.1. The largest absolute Gasteiger partial charge is 0.497 e. The van der Waals surface area contributed by atoms with E-state index in [0.29, 0.717) is 31.1 Å². The summed E-state index contributed by atoms with van der Waals surface area (Å²) in [6, 6.07) is 28.2. The maximum Gasteiger partial charge on any atom is 0.227 e. The molecule has 1 amide bonds. The minimum Gasteiger partial charge on any atom is -0.497 e. The topological polar surface area (TPSA) is 77.2 Å². The Morgan fingerprint density at radius 1 is 0.939 bits per heavy atom. The van der Waals surface area contributed by atoms with Gasteiger partial charge in [-0.15, -0.1) is 0 Å². The van der Waals surface area contributed by atoms with Gasteiger partial charge in [-0.1, -0.05) is 65.8 Å². The van der Waals surface area contributed by atoms with Crippen molar-refractivity contribution in [3.63, 3.8) is 0 Å². The standard InChI is InChI=1S/C27H27N3O3/c1-32-23-14-12-22(13-15-23)27-29-26(33-30-27)17-16-25(31)28-19-18-24(20-8-4-2-5-9-20)21-10-6-3-7-11-21/h2-15,24H,16-19H2,1H3,(H,28,31). The number of aromatic nitrogens is 2. The van der Waals surface area contributed by atoms with E-state index in [1.807, 2.05) is 36.4 Å². The lowest BCUT2D eigenvalue weighted by molar-refractivity contribution is -0.121. The van der Waals surface area contributed by atoms with Gasteiger partial charge < -0.3 is 14.6 Å². The van der Waals surface area contributed by atoms with E-state index in [-0.39, 0.29) is 11.8 Å². The van der Waals surface area contributed by atoms with Gasteiger partial charge in [0.2, 0.25) is 17.6 Å². The monoisotopic (exact) mass is 441 g/mol. The van der Waals surface area contributed by atoms with Gasteiger partial charge in [-0.2, -0.15) is 4.98 Å². The number of rotatable bonds is 10. The molecule has 3 aromatic carbocycles. The third kappa shape index (κ3) is 6.07. The SMILES string of the molecule is COc1ccc(-c2noc(CCC(=O)NCCC(c3ccccc3)c3ccccc3)n2)cc1. The second kappa shape index (κ2) is 11.1. The van der Waals surface area contributed by atoms with Crippen molar-refractivity contribution >= 4 is 5.91 Å². The molecule has 33 heavy (non-hydrogen) atoms. The van der Waals surface area contributed by atoms with E-state index in [1.165, 1.54) is 11.1 Å². The normalized spacial score (nSPS) is 10.8. The predicted octanol–water partition coefficient (Wildman–Crippen LogP) is 5.02. The number of carbonyl (C=O) groups is 1. The Bertz CT molecular complexity index is 1100. The van der Waals surface area contributed by atoms with E-state index in [4.69, 9.17) is 9.26 Å². The zero-order chi connectivity index (χ0) is 22.9. The second-order valence-corrected chi connectivity index (χ2v) is 7.75. The summed E-state index contributed by atoms with van der Waals surface area (Å²) in [7, 11) is 1.62. The summed E-state index contributed by atoms with van der Waals surface area (Å²) in [5.41, 5.74) is 3.33. The van der Waals surface area contributed by atoms with Gasteiger partial charge in [0.25, 0.3) is 0 Å². The molecule has 0 unspecified atom stereocenters. The van der Waals surface area contributed by atoms with E-state index >= 15 is 0 Å². The van der Waals surface area contributed by atoms with Crippen molar-refractivity contribution in [3.8, 4) is 17.1 Å². The van der Waals surface area contributed by atoms with Crippen LogP contribution in [0.1, 0.15) is 35.8 Å². The van der Waals surface area contributed by atoms with Crippen molar-refractivity contribution in [1.29, 1.82) is 0 Å². The molecular formula is C27H27N3O3. The Labute approximate surface area is 193 Å². The van der Waals surface area contributed by atoms with E-state index < -0.39 is 0 Å². The van der Waals surface area contributed by atoms with E-state index in [1.54, 1.807) is 7.11 Å². The van der Waals surface area contributed by atoms with Crippen molar-refractivity contribution in [2.24, 2.45) is 0 Å². The highest BCUT2D eigenvalue weighted by molar-refractivity contribution is 5.76. The molecule has 0 aliphatic heterocycles. The lowest BCUT2D eigenvalue weighted by Crippen LogP contribution is -2.26. The van der Waals surface area contributed by atoms with Crippen LogP contribution in [0.4, 0.5) is 0 Å². The maximum atomic E-state index is 12.4. The second-order valence-electron chi connectivity index (χ2n) is 7.75. The van der Waals surface area contributed by atoms with Gasteiger partial charge in [0.05, 0.1) is 7.11 Å². The summed E-state index contributed by atoms with van der Waals surface area (Å²) in [5.74, 6) is 1.92. The van der Waals surface area contributed by atoms with Crippen LogP contribution in [-0.4, -0.2) is 29.7 Å². The van der Waals surface area contributed by atoms with Crippen molar-refractivity contribution in [2.45, 2.75) is 25.2 Å². The zero-order valence-electron chi connectivity index (χ0n) is 18.6. The van der Waals surface area contributed by atoms with Crippen molar-refractivity contribution in [1.82, 2.24) is 15.5 Å². The molecule has 0 radical (unpaired) electrons. The van der Waals surface area contributed by atoms with E-state index in [2.05, 4.69) is 64.0 Å². The van der Waals surface area contributed by atoms with Gasteiger partial charge in [0, 0.05) is 30.9 Å². The summed E-state index contributed by atoms with van der Waals surface area (Å²) in [4.78, 5) is 16.8. The molecule has 0 spiro atoms. The fourth-order valence-electron chi connectivity index (χ4n) is 3.78. The highest BCUT2D eigenvalue weighted by Crippen LogP contribution is 2.27. The number of hydrogen-bond donors (Lipinski definition) is 1. The zero-order valence-corrected chi connectivity index (χ0v) is 18.6. The van der Waals surface area contributed by atoms with Crippen LogP contribution in [0, 0.1) is 0 Å². The number of aryl methyl sites for hydroxylation is 1. The summed E-state index contributed by atoms with van der Waals surface area (Å²) >= 11 is 0. The molecule has 1 N–H and O–H groups in total. The third-order valence-corrected chi connectivity index (χ3v) is 5.54. The smallest absolute Gasteiger partial charge is 0.227 e.